The fourth-order valence-corrected chi connectivity index (χ4v) is 3.95. The Labute approximate surface area is 154 Å². The van der Waals surface area contributed by atoms with Crippen molar-refractivity contribution < 1.29 is 14.3 Å². The summed E-state index contributed by atoms with van der Waals surface area (Å²) in [5.41, 5.74) is 4.82. The smallest absolute Gasteiger partial charge is 0.241 e. The lowest BCUT2D eigenvalue weighted by Crippen LogP contribution is -2.41. The molecule has 0 fully saturated rings. The maximum Gasteiger partial charge on any atom is 0.241 e. The fourth-order valence-electron chi connectivity index (χ4n) is 3.95. The van der Waals surface area contributed by atoms with Gasteiger partial charge < -0.3 is 14.4 Å². The lowest BCUT2D eigenvalue weighted by molar-refractivity contribution is -0.119. The van der Waals surface area contributed by atoms with Gasteiger partial charge in [0.15, 0.2) is 11.5 Å². The molecule has 0 radical (unpaired) electrons. The second-order valence-corrected chi connectivity index (χ2v) is 6.86. The molecule has 0 atom stereocenters. The first-order valence-electron chi connectivity index (χ1n) is 9.04. The topological polar surface area (TPSA) is 42.0 Å². The average molecular weight is 352 g/mol. The molecule has 2 aliphatic heterocycles. The number of nitrogens with zero attached hydrogens (tertiary/aromatic N) is 2. The van der Waals surface area contributed by atoms with Crippen LogP contribution in [0.25, 0.3) is 0 Å². The molecule has 0 aliphatic carbocycles. The molecule has 0 aromatic heterocycles. The highest BCUT2D eigenvalue weighted by molar-refractivity contribution is 5.96. The number of amides is 1. The van der Waals surface area contributed by atoms with E-state index in [0.29, 0.717) is 6.54 Å². The van der Waals surface area contributed by atoms with Crippen molar-refractivity contribution >= 4 is 11.6 Å². The number of fused-ring (bicyclic) bond motifs is 2. The van der Waals surface area contributed by atoms with Crippen LogP contribution in [-0.4, -0.2) is 44.7 Å². The van der Waals surface area contributed by atoms with Gasteiger partial charge in [-0.05, 0) is 47.7 Å². The molecular formula is C21H24N2O3. The van der Waals surface area contributed by atoms with Crippen molar-refractivity contribution in [3.05, 3.63) is 53.1 Å². The molecule has 2 aliphatic rings. The molecule has 4 rings (SSSR count). The standard InChI is InChI=1S/C21H24N2O3/c1-25-19-11-16-7-9-22(13-17(16)12-20(19)26-2)14-21(24)23-10-8-15-5-3-4-6-18(15)23/h3-6,11-12H,7-10,13-14H2,1-2H3. The quantitative estimate of drug-likeness (QED) is 0.848. The van der Waals surface area contributed by atoms with E-state index in [0.717, 1.165) is 49.7 Å². The summed E-state index contributed by atoms with van der Waals surface area (Å²) in [7, 11) is 3.31. The van der Waals surface area contributed by atoms with Crippen LogP contribution in [0.2, 0.25) is 0 Å². The first kappa shape index (κ1) is 16.9. The van der Waals surface area contributed by atoms with Crippen molar-refractivity contribution in [2.24, 2.45) is 0 Å². The zero-order valence-electron chi connectivity index (χ0n) is 15.3. The maximum atomic E-state index is 12.9. The number of rotatable bonds is 4. The highest BCUT2D eigenvalue weighted by atomic mass is 16.5. The summed E-state index contributed by atoms with van der Waals surface area (Å²) in [5.74, 6) is 1.69. The number of benzene rings is 2. The minimum atomic E-state index is 0.180. The summed E-state index contributed by atoms with van der Waals surface area (Å²) in [6, 6.07) is 12.3. The van der Waals surface area contributed by atoms with Gasteiger partial charge in [0.1, 0.15) is 0 Å². The molecule has 0 saturated heterocycles. The minimum absolute atomic E-state index is 0.180. The van der Waals surface area contributed by atoms with E-state index >= 15 is 0 Å². The number of carbonyl (C=O) groups excluding carboxylic acids is 1. The van der Waals surface area contributed by atoms with Crippen molar-refractivity contribution in [3.63, 3.8) is 0 Å². The van der Waals surface area contributed by atoms with E-state index in [2.05, 4.69) is 17.0 Å². The summed E-state index contributed by atoms with van der Waals surface area (Å²) >= 11 is 0. The van der Waals surface area contributed by atoms with E-state index in [1.165, 1.54) is 16.7 Å². The number of para-hydroxylation sites is 1. The van der Waals surface area contributed by atoms with Crippen LogP contribution in [0.15, 0.2) is 36.4 Å². The van der Waals surface area contributed by atoms with E-state index < -0.39 is 0 Å². The van der Waals surface area contributed by atoms with Crippen LogP contribution < -0.4 is 14.4 Å². The minimum Gasteiger partial charge on any atom is -0.493 e. The Balaban J connectivity index is 1.47. The molecule has 5 heteroatoms. The Kier molecular flexibility index (Phi) is 4.55. The number of hydrogen-bond donors (Lipinski definition) is 0. The molecule has 2 heterocycles. The summed E-state index contributed by atoms with van der Waals surface area (Å²) in [5, 5.41) is 0. The van der Waals surface area contributed by atoms with Gasteiger partial charge in [0.2, 0.25) is 5.91 Å². The van der Waals surface area contributed by atoms with Gasteiger partial charge in [-0.3, -0.25) is 9.69 Å². The normalized spacial score (nSPS) is 16.2. The molecule has 0 bridgehead atoms. The third-order valence-corrected chi connectivity index (χ3v) is 5.34. The second-order valence-electron chi connectivity index (χ2n) is 6.86. The predicted molar refractivity (Wildman–Crippen MR) is 101 cm³/mol. The molecule has 0 N–H and O–H groups in total. The zero-order valence-corrected chi connectivity index (χ0v) is 15.3. The summed E-state index contributed by atoms with van der Waals surface area (Å²) in [4.78, 5) is 17.0. The van der Waals surface area contributed by atoms with E-state index in [1.54, 1.807) is 14.2 Å². The third-order valence-electron chi connectivity index (χ3n) is 5.34. The monoisotopic (exact) mass is 352 g/mol. The van der Waals surface area contributed by atoms with Crippen LogP contribution in [0.5, 0.6) is 11.5 Å². The van der Waals surface area contributed by atoms with Gasteiger partial charge in [0.05, 0.1) is 20.8 Å². The number of ether oxygens (including phenoxy) is 2. The maximum absolute atomic E-state index is 12.9. The number of anilines is 1. The van der Waals surface area contributed by atoms with Crippen molar-refractivity contribution in [1.82, 2.24) is 4.90 Å². The molecule has 2 aromatic rings. The lowest BCUT2D eigenvalue weighted by Gasteiger charge is -2.30. The Morgan fingerprint density at radius 1 is 0.962 bits per heavy atom. The second kappa shape index (κ2) is 7.00. The first-order chi connectivity index (χ1) is 12.7. The number of carbonyl (C=O) groups is 1. The number of hydrogen-bond acceptors (Lipinski definition) is 4. The van der Waals surface area contributed by atoms with Crippen molar-refractivity contribution in [2.75, 3.05) is 38.8 Å². The Morgan fingerprint density at radius 2 is 1.65 bits per heavy atom. The van der Waals surface area contributed by atoms with E-state index in [4.69, 9.17) is 9.47 Å². The average Bonchev–Trinajstić information content (AvgIpc) is 3.11. The predicted octanol–water partition coefficient (Wildman–Crippen LogP) is 2.65. The highest BCUT2D eigenvalue weighted by Gasteiger charge is 2.27. The van der Waals surface area contributed by atoms with Crippen molar-refractivity contribution in [1.29, 1.82) is 0 Å². The van der Waals surface area contributed by atoms with Gasteiger partial charge >= 0.3 is 0 Å². The highest BCUT2D eigenvalue weighted by Crippen LogP contribution is 2.33. The summed E-state index contributed by atoms with van der Waals surface area (Å²) in [6.07, 6.45) is 1.86. The van der Waals surface area contributed by atoms with Gasteiger partial charge in [-0.25, -0.2) is 0 Å². The van der Waals surface area contributed by atoms with Crippen LogP contribution >= 0.6 is 0 Å². The Bertz CT molecular complexity index is 834. The van der Waals surface area contributed by atoms with Crippen LogP contribution in [0.4, 0.5) is 5.69 Å². The lowest BCUT2D eigenvalue weighted by atomic mass is 9.99. The SMILES string of the molecule is COc1cc2c(cc1OC)CN(CC(=O)N1CCc3ccccc31)CC2. The number of methoxy groups -OCH3 is 2. The molecule has 0 unspecified atom stereocenters. The van der Waals surface area contributed by atoms with Gasteiger partial charge in [0, 0.05) is 25.3 Å². The summed E-state index contributed by atoms with van der Waals surface area (Å²) < 4.78 is 10.8. The zero-order chi connectivity index (χ0) is 18.1. The van der Waals surface area contributed by atoms with Crippen LogP contribution in [0.3, 0.4) is 0 Å². The van der Waals surface area contributed by atoms with Gasteiger partial charge in [0.25, 0.3) is 0 Å². The molecular weight excluding hydrogens is 328 g/mol. The molecule has 5 nitrogen and oxygen atoms in total. The van der Waals surface area contributed by atoms with Gasteiger partial charge in [-0.1, -0.05) is 18.2 Å². The van der Waals surface area contributed by atoms with Gasteiger partial charge in [-0.15, -0.1) is 0 Å². The van der Waals surface area contributed by atoms with Crippen LogP contribution in [0.1, 0.15) is 16.7 Å². The van der Waals surface area contributed by atoms with E-state index in [9.17, 15) is 4.79 Å². The Morgan fingerprint density at radius 3 is 2.42 bits per heavy atom. The molecule has 0 spiro atoms. The summed E-state index contributed by atoms with van der Waals surface area (Å²) in [6.45, 7) is 2.87. The van der Waals surface area contributed by atoms with Crippen molar-refractivity contribution in [3.8, 4) is 11.5 Å². The molecule has 26 heavy (non-hydrogen) atoms. The van der Waals surface area contributed by atoms with Gasteiger partial charge in [-0.2, -0.15) is 0 Å². The van der Waals surface area contributed by atoms with Crippen LogP contribution in [0, 0.1) is 0 Å². The first-order valence-corrected chi connectivity index (χ1v) is 9.04. The largest absolute Gasteiger partial charge is 0.493 e. The van der Waals surface area contributed by atoms with E-state index in [-0.39, 0.29) is 5.91 Å². The molecule has 2 aromatic carbocycles. The molecule has 1 amide bonds. The fraction of sp³-hybridized carbons (Fsp3) is 0.381. The third kappa shape index (κ3) is 3.03. The van der Waals surface area contributed by atoms with E-state index in [1.807, 2.05) is 29.2 Å². The molecule has 136 valence electrons. The van der Waals surface area contributed by atoms with Crippen molar-refractivity contribution in [2.45, 2.75) is 19.4 Å². The molecule has 0 saturated carbocycles. The Hall–Kier alpha value is -2.53. The van der Waals surface area contributed by atoms with Crippen LogP contribution in [-0.2, 0) is 24.2 Å².